The first-order chi connectivity index (χ1) is 9.67. The second-order valence-corrected chi connectivity index (χ2v) is 5.08. The van der Waals surface area contributed by atoms with Crippen molar-refractivity contribution < 1.29 is 0 Å². The molecule has 0 bridgehead atoms. The van der Waals surface area contributed by atoms with Gasteiger partial charge in [-0.2, -0.15) is 10.2 Å². The van der Waals surface area contributed by atoms with Gasteiger partial charge in [0.15, 0.2) is 0 Å². The molecule has 2 aromatic rings. The van der Waals surface area contributed by atoms with Gasteiger partial charge in [-0.1, -0.05) is 13.8 Å². The zero-order valence-corrected chi connectivity index (χ0v) is 12.9. The molecule has 0 spiro atoms. The van der Waals surface area contributed by atoms with Gasteiger partial charge in [0.2, 0.25) is 0 Å². The van der Waals surface area contributed by atoms with E-state index in [1.165, 1.54) is 16.8 Å². The Morgan fingerprint density at radius 3 is 2.65 bits per heavy atom. The number of likely N-dealkylation sites (N-methyl/N-ethyl adjacent to an activating group) is 1. The van der Waals surface area contributed by atoms with Crippen LogP contribution in [0.2, 0.25) is 0 Å². The third-order valence-corrected chi connectivity index (χ3v) is 3.55. The SMILES string of the molecule is CCNC(Cc1cnn(CC)c1)c1cn(C)nc1CC. The number of hydrogen-bond donors (Lipinski definition) is 1. The van der Waals surface area contributed by atoms with Crippen molar-refractivity contribution in [3.8, 4) is 0 Å². The van der Waals surface area contributed by atoms with Crippen molar-refractivity contribution in [3.05, 3.63) is 35.4 Å². The van der Waals surface area contributed by atoms with Crippen LogP contribution in [0, 0.1) is 0 Å². The maximum Gasteiger partial charge on any atom is 0.0669 e. The zero-order valence-electron chi connectivity index (χ0n) is 12.9. The van der Waals surface area contributed by atoms with E-state index in [-0.39, 0.29) is 0 Å². The van der Waals surface area contributed by atoms with Gasteiger partial charge in [-0.25, -0.2) is 0 Å². The summed E-state index contributed by atoms with van der Waals surface area (Å²) in [5, 5.41) is 12.5. The first-order valence-electron chi connectivity index (χ1n) is 7.45. The molecule has 2 rings (SSSR count). The molecule has 5 heteroatoms. The van der Waals surface area contributed by atoms with E-state index in [0.29, 0.717) is 6.04 Å². The minimum Gasteiger partial charge on any atom is -0.310 e. The number of aryl methyl sites for hydroxylation is 3. The maximum atomic E-state index is 4.55. The summed E-state index contributed by atoms with van der Waals surface area (Å²) in [6, 6.07) is 0.304. The molecule has 1 N–H and O–H groups in total. The molecule has 0 aliphatic carbocycles. The van der Waals surface area contributed by atoms with Crippen LogP contribution in [0.3, 0.4) is 0 Å². The first kappa shape index (κ1) is 14.8. The van der Waals surface area contributed by atoms with Crippen molar-refractivity contribution in [2.24, 2.45) is 7.05 Å². The minimum absolute atomic E-state index is 0.304. The lowest BCUT2D eigenvalue weighted by atomic mass is 10.0. The normalized spacial score (nSPS) is 12.8. The van der Waals surface area contributed by atoms with E-state index in [4.69, 9.17) is 0 Å². The number of nitrogens with zero attached hydrogens (tertiary/aromatic N) is 4. The molecule has 0 aromatic carbocycles. The molecule has 1 unspecified atom stereocenters. The van der Waals surface area contributed by atoms with E-state index in [1.807, 2.05) is 22.6 Å². The Labute approximate surface area is 121 Å². The fourth-order valence-corrected chi connectivity index (χ4v) is 2.58. The summed E-state index contributed by atoms with van der Waals surface area (Å²) in [7, 11) is 1.99. The van der Waals surface area contributed by atoms with Gasteiger partial charge in [0.25, 0.3) is 0 Å². The van der Waals surface area contributed by atoms with Crippen LogP contribution in [0.4, 0.5) is 0 Å². The Morgan fingerprint density at radius 2 is 2.05 bits per heavy atom. The summed E-state index contributed by atoms with van der Waals surface area (Å²) in [6.45, 7) is 8.27. The standard InChI is InChI=1S/C15H25N5/c1-5-14-13(11-19(4)18-14)15(16-6-2)8-12-9-17-20(7-3)10-12/h9-11,15-16H,5-8H2,1-4H3. The highest BCUT2D eigenvalue weighted by molar-refractivity contribution is 5.24. The highest BCUT2D eigenvalue weighted by Crippen LogP contribution is 2.21. The quantitative estimate of drug-likeness (QED) is 0.841. The van der Waals surface area contributed by atoms with Gasteiger partial charge in [-0.3, -0.25) is 9.36 Å². The van der Waals surface area contributed by atoms with Crippen LogP contribution in [0.1, 0.15) is 43.6 Å². The van der Waals surface area contributed by atoms with Gasteiger partial charge in [0, 0.05) is 37.6 Å². The van der Waals surface area contributed by atoms with E-state index >= 15 is 0 Å². The van der Waals surface area contributed by atoms with Crippen molar-refractivity contribution >= 4 is 0 Å². The lowest BCUT2D eigenvalue weighted by Gasteiger charge is -2.17. The van der Waals surface area contributed by atoms with E-state index < -0.39 is 0 Å². The smallest absolute Gasteiger partial charge is 0.0669 e. The van der Waals surface area contributed by atoms with Gasteiger partial charge in [0.1, 0.15) is 0 Å². The highest BCUT2D eigenvalue weighted by Gasteiger charge is 2.18. The summed E-state index contributed by atoms with van der Waals surface area (Å²) < 4.78 is 3.89. The highest BCUT2D eigenvalue weighted by atomic mass is 15.3. The van der Waals surface area contributed by atoms with Crippen LogP contribution < -0.4 is 5.32 Å². The van der Waals surface area contributed by atoms with Crippen LogP contribution in [0.5, 0.6) is 0 Å². The van der Waals surface area contributed by atoms with Gasteiger partial charge in [0.05, 0.1) is 11.9 Å². The summed E-state index contributed by atoms with van der Waals surface area (Å²) >= 11 is 0. The Kier molecular flexibility index (Phi) is 4.95. The van der Waals surface area contributed by atoms with Crippen molar-refractivity contribution in [3.63, 3.8) is 0 Å². The molecule has 5 nitrogen and oxygen atoms in total. The monoisotopic (exact) mass is 275 g/mol. The van der Waals surface area contributed by atoms with E-state index in [1.54, 1.807) is 0 Å². The van der Waals surface area contributed by atoms with Crippen LogP contribution in [-0.4, -0.2) is 26.1 Å². The summed E-state index contributed by atoms with van der Waals surface area (Å²) in [5.74, 6) is 0. The molecule has 0 aliphatic rings. The van der Waals surface area contributed by atoms with E-state index in [9.17, 15) is 0 Å². The number of nitrogens with one attached hydrogen (secondary N) is 1. The van der Waals surface area contributed by atoms with Gasteiger partial charge in [-0.05, 0) is 31.9 Å². The zero-order chi connectivity index (χ0) is 14.5. The summed E-state index contributed by atoms with van der Waals surface area (Å²) in [4.78, 5) is 0. The predicted molar refractivity (Wildman–Crippen MR) is 80.6 cm³/mol. The van der Waals surface area contributed by atoms with Gasteiger partial charge in [-0.15, -0.1) is 0 Å². The Morgan fingerprint density at radius 1 is 1.25 bits per heavy atom. The average molecular weight is 275 g/mol. The topological polar surface area (TPSA) is 47.7 Å². The van der Waals surface area contributed by atoms with E-state index in [2.05, 4.69) is 48.7 Å². The maximum absolute atomic E-state index is 4.55. The van der Waals surface area contributed by atoms with Crippen molar-refractivity contribution in [1.82, 2.24) is 24.9 Å². The molecule has 20 heavy (non-hydrogen) atoms. The van der Waals surface area contributed by atoms with E-state index in [0.717, 1.165) is 25.9 Å². The van der Waals surface area contributed by atoms with Crippen molar-refractivity contribution in [2.45, 2.75) is 46.2 Å². The minimum atomic E-state index is 0.304. The molecule has 0 fully saturated rings. The van der Waals surface area contributed by atoms with Crippen molar-refractivity contribution in [2.75, 3.05) is 6.54 Å². The van der Waals surface area contributed by atoms with Crippen LogP contribution >= 0.6 is 0 Å². The molecule has 1 atom stereocenters. The van der Waals surface area contributed by atoms with Gasteiger partial charge >= 0.3 is 0 Å². The van der Waals surface area contributed by atoms with Crippen LogP contribution in [0.25, 0.3) is 0 Å². The lowest BCUT2D eigenvalue weighted by Crippen LogP contribution is -2.23. The number of rotatable bonds is 7. The van der Waals surface area contributed by atoms with Gasteiger partial charge < -0.3 is 5.32 Å². The molecular weight excluding hydrogens is 250 g/mol. The summed E-state index contributed by atoms with van der Waals surface area (Å²) in [5.41, 5.74) is 3.76. The molecule has 0 amide bonds. The fraction of sp³-hybridized carbons (Fsp3) is 0.600. The molecule has 0 radical (unpaired) electrons. The Bertz CT molecular complexity index is 540. The molecule has 0 saturated carbocycles. The molecule has 2 heterocycles. The number of hydrogen-bond acceptors (Lipinski definition) is 3. The first-order valence-corrected chi connectivity index (χ1v) is 7.45. The Hall–Kier alpha value is -1.62. The molecule has 2 aromatic heterocycles. The fourth-order valence-electron chi connectivity index (χ4n) is 2.58. The largest absolute Gasteiger partial charge is 0.310 e. The molecule has 0 aliphatic heterocycles. The second kappa shape index (κ2) is 6.70. The third-order valence-electron chi connectivity index (χ3n) is 3.55. The molecule has 0 saturated heterocycles. The van der Waals surface area contributed by atoms with Crippen molar-refractivity contribution in [1.29, 1.82) is 0 Å². The van der Waals surface area contributed by atoms with Crippen LogP contribution in [0.15, 0.2) is 18.6 Å². The molecular formula is C15H25N5. The predicted octanol–water partition coefficient (Wildman–Crippen LogP) is 2.09. The lowest BCUT2D eigenvalue weighted by molar-refractivity contribution is 0.545. The number of aromatic nitrogens is 4. The van der Waals surface area contributed by atoms with Crippen LogP contribution in [-0.2, 0) is 26.4 Å². The third kappa shape index (κ3) is 3.28. The average Bonchev–Trinajstić information content (AvgIpc) is 3.04. The summed E-state index contributed by atoms with van der Waals surface area (Å²) in [6.07, 6.45) is 8.15. The second-order valence-electron chi connectivity index (χ2n) is 5.08. The molecule has 110 valence electrons. The Balaban J connectivity index is 2.21.